The highest BCUT2D eigenvalue weighted by atomic mass is 32.2. The van der Waals surface area contributed by atoms with Crippen molar-refractivity contribution in [2.24, 2.45) is 16.3 Å². The third kappa shape index (κ3) is 4.07. The monoisotopic (exact) mass is 411 g/mol. The fourth-order valence-corrected chi connectivity index (χ4v) is 6.60. The molecule has 1 fully saturated rings. The molecule has 27 heavy (non-hydrogen) atoms. The summed E-state index contributed by atoms with van der Waals surface area (Å²) in [6.07, 6.45) is 6.25. The summed E-state index contributed by atoms with van der Waals surface area (Å²) < 4.78 is 17.8. The molecule has 4 atom stereocenters. The Morgan fingerprint density at radius 2 is 2.15 bits per heavy atom. The predicted octanol–water partition coefficient (Wildman–Crippen LogP) is 3.77. The first kappa shape index (κ1) is 21.1. The van der Waals surface area contributed by atoms with E-state index in [4.69, 9.17) is 19.2 Å². The second-order valence-corrected chi connectivity index (χ2v) is 15.6. The van der Waals surface area contributed by atoms with Crippen LogP contribution in [0.25, 0.3) is 0 Å². The number of allylic oxidation sites excluding steroid dienone is 2. The lowest BCUT2D eigenvalue weighted by Gasteiger charge is -2.41. The molecule has 0 aromatic rings. The molecule has 0 aromatic heterocycles. The summed E-state index contributed by atoms with van der Waals surface area (Å²) in [4.78, 5) is 17.2. The number of ether oxygens (including phenoxy) is 3. The molecule has 4 unspecified atom stereocenters. The van der Waals surface area contributed by atoms with Gasteiger partial charge in [0.1, 0.15) is 18.7 Å². The van der Waals surface area contributed by atoms with Gasteiger partial charge < -0.3 is 14.2 Å². The van der Waals surface area contributed by atoms with E-state index in [0.29, 0.717) is 6.42 Å². The van der Waals surface area contributed by atoms with E-state index in [0.717, 1.165) is 43.5 Å². The van der Waals surface area contributed by atoms with Crippen LogP contribution >= 0.6 is 11.8 Å². The van der Waals surface area contributed by atoms with Crippen LogP contribution < -0.4 is 0 Å². The van der Waals surface area contributed by atoms with E-state index in [1.54, 1.807) is 24.9 Å². The third-order valence-electron chi connectivity index (χ3n) is 6.04. The molecule has 0 aromatic carbocycles. The van der Waals surface area contributed by atoms with Crippen molar-refractivity contribution in [3.63, 3.8) is 0 Å². The maximum Gasteiger partial charge on any atom is 0.159 e. The SMILES string of the molecule is COC1=CC(=O)CC2C(SC)C(OCOCC[Si](C)(C)C)C3=NCCCC132. The van der Waals surface area contributed by atoms with Crippen molar-refractivity contribution in [2.45, 2.75) is 56.3 Å². The summed E-state index contributed by atoms with van der Waals surface area (Å²) in [5.41, 5.74) is 0.810. The van der Waals surface area contributed by atoms with Crippen LogP contribution in [0, 0.1) is 11.3 Å². The molecular formula is C20H33NO4SSi. The van der Waals surface area contributed by atoms with Gasteiger partial charge in [0.25, 0.3) is 0 Å². The number of hydrogen-bond acceptors (Lipinski definition) is 6. The van der Waals surface area contributed by atoms with E-state index in [1.807, 2.05) is 0 Å². The molecule has 2 aliphatic carbocycles. The lowest BCUT2D eigenvalue weighted by Crippen LogP contribution is -2.43. The van der Waals surface area contributed by atoms with Gasteiger partial charge in [-0.25, -0.2) is 0 Å². The summed E-state index contributed by atoms with van der Waals surface area (Å²) in [6.45, 7) is 8.89. The number of rotatable bonds is 8. The van der Waals surface area contributed by atoms with Crippen LogP contribution in [0.1, 0.15) is 19.3 Å². The Labute approximate surface area is 168 Å². The maximum absolute atomic E-state index is 12.3. The second-order valence-electron chi connectivity index (χ2n) is 8.96. The first-order chi connectivity index (χ1) is 12.8. The molecule has 1 aliphatic heterocycles. The minimum Gasteiger partial charge on any atom is -0.500 e. The highest BCUT2D eigenvalue weighted by Crippen LogP contribution is 2.58. The van der Waals surface area contributed by atoms with Crippen LogP contribution in [0.4, 0.5) is 0 Å². The molecule has 0 N–H and O–H groups in total. The predicted molar refractivity (Wildman–Crippen MR) is 113 cm³/mol. The van der Waals surface area contributed by atoms with E-state index in [9.17, 15) is 4.79 Å². The van der Waals surface area contributed by atoms with E-state index in [2.05, 4.69) is 25.9 Å². The number of ketones is 1. The van der Waals surface area contributed by atoms with Gasteiger partial charge in [-0.15, -0.1) is 0 Å². The van der Waals surface area contributed by atoms with Gasteiger partial charge in [0.2, 0.25) is 0 Å². The number of nitrogens with zero attached hydrogens (tertiary/aromatic N) is 1. The Kier molecular flexibility index (Phi) is 6.55. The first-order valence-electron chi connectivity index (χ1n) is 9.89. The van der Waals surface area contributed by atoms with Crippen molar-refractivity contribution >= 4 is 31.3 Å². The molecule has 152 valence electrons. The minimum atomic E-state index is -1.11. The van der Waals surface area contributed by atoms with Crippen LogP contribution in [-0.4, -0.2) is 64.2 Å². The average molecular weight is 412 g/mol. The lowest BCUT2D eigenvalue weighted by molar-refractivity contribution is -0.117. The van der Waals surface area contributed by atoms with Crippen LogP contribution in [0.2, 0.25) is 25.7 Å². The Balaban J connectivity index is 1.78. The average Bonchev–Trinajstić information content (AvgIpc) is 2.89. The second kappa shape index (κ2) is 8.39. The Hall–Kier alpha value is -0.633. The summed E-state index contributed by atoms with van der Waals surface area (Å²) in [7, 11) is 0.566. The highest BCUT2D eigenvalue weighted by molar-refractivity contribution is 7.99. The van der Waals surface area contributed by atoms with Crippen molar-refractivity contribution in [1.29, 1.82) is 0 Å². The van der Waals surface area contributed by atoms with Gasteiger partial charge in [-0.1, -0.05) is 19.6 Å². The zero-order valence-electron chi connectivity index (χ0n) is 17.2. The molecule has 0 radical (unpaired) electrons. The molecule has 0 saturated heterocycles. The number of carbonyl (C=O) groups excluding carboxylic acids is 1. The largest absolute Gasteiger partial charge is 0.500 e. The number of hydrogen-bond donors (Lipinski definition) is 0. The van der Waals surface area contributed by atoms with Crippen molar-refractivity contribution in [2.75, 3.05) is 33.3 Å². The van der Waals surface area contributed by atoms with Crippen molar-refractivity contribution in [1.82, 2.24) is 0 Å². The van der Waals surface area contributed by atoms with E-state index in [1.165, 1.54) is 0 Å². The summed E-state index contributed by atoms with van der Waals surface area (Å²) in [6, 6.07) is 1.13. The van der Waals surface area contributed by atoms with Gasteiger partial charge >= 0.3 is 0 Å². The Morgan fingerprint density at radius 3 is 2.81 bits per heavy atom. The van der Waals surface area contributed by atoms with Crippen LogP contribution in [0.5, 0.6) is 0 Å². The molecule has 0 bridgehead atoms. The summed E-state index contributed by atoms with van der Waals surface area (Å²) in [5, 5.41) is 0.199. The van der Waals surface area contributed by atoms with E-state index >= 15 is 0 Å². The fourth-order valence-electron chi connectivity index (χ4n) is 4.73. The Morgan fingerprint density at radius 1 is 1.37 bits per heavy atom. The topological polar surface area (TPSA) is 57.1 Å². The number of aliphatic imine (C=N–C) groups is 1. The number of thioether (sulfide) groups is 1. The van der Waals surface area contributed by atoms with Crippen molar-refractivity contribution in [3.05, 3.63) is 11.8 Å². The van der Waals surface area contributed by atoms with Gasteiger partial charge in [0, 0.05) is 39.0 Å². The van der Waals surface area contributed by atoms with Gasteiger partial charge in [0.05, 0.1) is 18.2 Å². The third-order valence-corrected chi connectivity index (χ3v) is 8.86. The number of carbonyl (C=O) groups is 1. The van der Waals surface area contributed by atoms with Gasteiger partial charge in [-0.05, 0) is 31.1 Å². The Bertz CT molecular complexity index is 630. The van der Waals surface area contributed by atoms with Gasteiger partial charge in [-0.2, -0.15) is 11.8 Å². The van der Waals surface area contributed by atoms with Crippen molar-refractivity contribution < 1.29 is 19.0 Å². The maximum atomic E-state index is 12.3. The molecule has 3 rings (SSSR count). The smallest absolute Gasteiger partial charge is 0.159 e. The molecule has 7 heteroatoms. The van der Waals surface area contributed by atoms with Crippen LogP contribution in [0.3, 0.4) is 0 Å². The standard InChI is InChI=1S/C20H33NO4SSi/c1-23-16-12-14(22)11-15-18(26-2)17(19-20(15,16)7-6-8-21-19)25-13-24-9-10-27(3,4)5/h12,15,17-18H,6-11,13H2,1-5H3. The minimum absolute atomic E-state index is 0.110. The normalized spacial score (nSPS) is 33.2. The quantitative estimate of drug-likeness (QED) is 0.346. The van der Waals surface area contributed by atoms with Crippen molar-refractivity contribution in [3.8, 4) is 0 Å². The lowest BCUT2D eigenvalue weighted by atomic mass is 9.66. The summed E-state index contributed by atoms with van der Waals surface area (Å²) in [5.74, 6) is 1.12. The summed E-state index contributed by atoms with van der Waals surface area (Å²) >= 11 is 1.78. The zero-order chi connectivity index (χ0) is 19.7. The number of methoxy groups -OCH3 is 1. The van der Waals surface area contributed by atoms with E-state index in [-0.39, 0.29) is 35.3 Å². The van der Waals surface area contributed by atoms with Gasteiger partial charge in [-0.3, -0.25) is 9.79 Å². The highest BCUT2D eigenvalue weighted by Gasteiger charge is 2.63. The van der Waals surface area contributed by atoms with Crippen LogP contribution in [0.15, 0.2) is 16.8 Å². The molecular weight excluding hydrogens is 378 g/mol. The molecule has 0 amide bonds. The molecule has 1 heterocycles. The molecule has 3 aliphatic rings. The van der Waals surface area contributed by atoms with Crippen LogP contribution in [-0.2, 0) is 19.0 Å². The fraction of sp³-hybridized carbons (Fsp3) is 0.800. The van der Waals surface area contributed by atoms with E-state index < -0.39 is 8.07 Å². The molecule has 1 saturated carbocycles. The zero-order valence-corrected chi connectivity index (χ0v) is 19.1. The van der Waals surface area contributed by atoms with Gasteiger partial charge in [0.15, 0.2) is 5.78 Å². The first-order valence-corrected chi connectivity index (χ1v) is 14.9. The molecule has 5 nitrogen and oxygen atoms in total. The molecule has 1 spiro atoms.